The number of aliphatic hydroxyl groups is 1. The zero-order valence-electron chi connectivity index (χ0n) is 47.6. The third kappa shape index (κ3) is 9.72. The molecule has 3 aromatic carbocycles. The van der Waals surface area contributed by atoms with Gasteiger partial charge in [0.05, 0.1) is 63.5 Å². The van der Waals surface area contributed by atoms with Crippen LogP contribution in [0.5, 0.6) is 11.9 Å². The van der Waals surface area contributed by atoms with Gasteiger partial charge in [-0.3, -0.25) is 19.5 Å². The first-order valence-electron chi connectivity index (χ1n) is 29.7. The van der Waals surface area contributed by atoms with Crippen molar-refractivity contribution in [3.63, 3.8) is 0 Å². The average Bonchev–Trinajstić information content (AvgIpc) is 2.32. The lowest BCUT2D eigenvalue weighted by atomic mass is 9.79. The number of thiazole rings is 1. The Bertz CT molecular complexity index is 3630. The minimum atomic E-state index is -0.868. The van der Waals surface area contributed by atoms with Crippen LogP contribution in [-0.4, -0.2) is 157 Å². The van der Waals surface area contributed by atoms with Crippen LogP contribution in [0.4, 0.5) is 10.6 Å². The minimum Gasteiger partial charge on any atom is -0.468 e. The van der Waals surface area contributed by atoms with Crippen LogP contribution >= 0.6 is 11.3 Å². The quantitative estimate of drug-likeness (QED) is 0.0877. The van der Waals surface area contributed by atoms with E-state index in [2.05, 4.69) is 73.9 Å². The summed E-state index contributed by atoms with van der Waals surface area (Å²) >= 11 is 1.58. The van der Waals surface area contributed by atoms with Crippen molar-refractivity contribution in [3.05, 3.63) is 107 Å². The Balaban J connectivity index is 0.593. The van der Waals surface area contributed by atoms with Gasteiger partial charge in [0.2, 0.25) is 11.8 Å². The lowest BCUT2D eigenvalue weighted by Crippen LogP contribution is -2.56. The highest BCUT2D eigenvalue weighted by molar-refractivity contribution is 7.13. The molecule has 1 aliphatic carbocycles. The van der Waals surface area contributed by atoms with Gasteiger partial charge in [-0.05, 0) is 97.5 Å². The Hall–Kier alpha value is -7.26. The molecule has 3 amide bonds. The molecular weight excluding hydrogens is 1070 g/mol. The van der Waals surface area contributed by atoms with Crippen LogP contribution in [0.1, 0.15) is 119 Å². The second-order valence-corrected chi connectivity index (χ2v) is 25.5. The van der Waals surface area contributed by atoms with E-state index in [0.29, 0.717) is 43.6 Å². The summed E-state index contributed by atoms with van der Waals surface area (Å²) in [5.74, 6) is -0.240. The Morgan fingerprint density at radius 2 is 1.75 bits per heavy atom. The number of carbonyl (C=O) groups is 3. The highest BCUT2D eigenvalue weighted by Crippen LogP contribution is 2.49. The average molecular weight is 1140 g/mol. The number of ether oxygens (including phenoxy) is 3. The summed E-state index contributed by atoms with van der Waals surface area (Å²) in [6, 6.07) is 22.7. The molecular formula is C63H71N11O8S. The van der Waals surface area contributed by atoms with E-state index in [1.54, 1.807) is 22.3 Å². The van der Waals surface area contributed by atoms with E-state index in [9.17, 15) is 19.5 Å². The van der Waals surface area contributed by atoms with E-state index in [1.807, 2.05) is 63.7 Å². The zero-order valence-corrected chi connectivity index (χ0v) is 48.4. The summed E-state index contributed by atoms with van der Waals surface area (Å²) in [7, 11) is 0. The molecule has 14 rings (SSSR count). The van der Waals surface area contributed by atoms with Crippen LogP contribution in [0, 0.1) is 12.8 Å². The molecule has 7 aromatic rings. The first-order chi connectivity index (χ1) is 40.2. The first kappa shape index (κ1) is 53.7. The Morgan fingerprint density at radius 3 is 2.52 bits per heavy atom. The number of aliphatic hydroxyl groups excluding tert-OH is 1. The molecule has 432 valence electrons. The number of piperazine rings is 1. The van der Waals surface area contributed by atoms with Crippen molar-refractivity contribution in [2.45, 2.75) is 139 Å². The van der Waals surface area contributed by atoms with Crippen LogP contribution in [0.3, 0.4) is 0 Å². The van der Waals surface area contributed by atoms with Crippen LogP contribution in [0.15, 0.2) is 83.0 Å². The van der Waals surface area contributed by atoms with Gasteiger partial charge < -0.3 is 49.2 Å². The highest BCUT2D eigenvalue weighted by Gasteiger charge is 2.51. The van der Waals surface area contributed by atoms with E-state index in [0.717, 1.165) is 113 Å². The molecule has 2 bridgehead atoms. The van der Waals surface area contributed by atoms with Gasteiger partial charge in [0.25, 0.3) is 5.88 Å². The number of aromatic nitrogens is 5. The molecule has 0 spiro atoms. The lowest BCUT2D eigenvalue weighted by molar-refractivity contribution is -0.141. The Labute approximate surface area is 486 Å². The summed E-state index contributed by atoms with van der Waals surface area (Å²) in [4.78, 5) is 70.9. The van der Waals surface area contributed by atoms with Gasteiger partial charge in [0.15, 0.2) is 5.76 Å². The van der Waals surface area contributed by atoms with Crippen LogP contribution < -0.4 is 25.0 Å². The van der Waals surface area contributed by atoms with E-state index in [4.69, 9.17) is 33.7 Å². The number of nitrogens with zero attached hydrogens (tertiary/aromatic N) is 9. The fourth-order valence-electron chi connectivity index (χ4n) is 14.7. The molecule has 6 fully saturated rings. The monoisotopic (exact) mass is 1140 g/mol. The molecule has 4 aromatic heterocycles. The number of aryl methyl sites for hydroxylation is 1. The lowest BCUT2D eigenvalue weighted by Gasteiger charge is -2.38. The minimum absolute atomic E-state index is 0.0190. The predicted molar refractivity (Wildman–Crippen MR) is 314 cm³/mol. The van der Waals surface area contributed by atoms with Crippen molar-refractivity contribution in [3.8, 4) is 33.6 Å². The van der Waals surface area contributed by atoms with Crippen molar-refractivity contribution in [2.24, 2.45) is 5.92 Å². The van der Waals surface area contributed by atoms with Crippen LogP contribution in [0.2, 0.25) is 0 Å². The van der Waals surface area contributed by atoms with Crippen molar-refractivity contribution in [1.29, 1.82) is 0 Å². The standard InChI is InChI=1S/C63H71N11O8S/c1-34(2)52(60(77)73-28-44(75)23-49(73)59(76)66-36(4)38-13-15-40(16-14-38)57-37(5)65-33-83-57)50-24-51(70-82-50)81-45-29-72(30-45)62(78)79-31-43-19-21-63(20-8-22-74(43)63)32-80-61-68-56-48(58(69-61)71-26-41-17-18-42(27-71)67-41)25-64-55-47-12-7-10-39-9-6-11-46(54(39)47)35(3)53(55)56/h6-7,9-16,24-25,33-36,41-45,49,52,67,75H,8,17-23,26-32H2,1-5H3,(H,66,76)/t35?,36-,41?,42?,43-,44+,49-,52+,63+/m0/s1. The van der Waals surface area contributed by atoms with Crippen molar-refractivity contribution >= 4 is 56.7 Å². The predicted octanol–water partition coefficient (Wildman–Crippen LogP) is 8.53. The largest absolute Gasteiger partial charge is 0.468 e. The van der Waals surface area contributed by atoms with E-state index >= 15 is 0 Å². The van der Waals surface area contributed by atoms with E-state index < -0.39 is 24.2 Å². The third-order valence-corrected chi connectivity index (χ3v) is 20.0. The summed E-state index contributed by atoms with van der Waals surface area (Å²) < 4.78 is 24.8. The first-order valence-corrected chi connectivity index (χ1v) is 30.6. The molecule has 0 saturated carbocycles. The molecule has 83 heavy (non-hydrogen) atoms. The topological polar surface area (TPSA) is 214 Å². The van der Waals surface area contributed by atoms with Gasteiger partial charge in [-0.2, -0.15) is 9.97 Å². The summed E-state index contributed by atoms with van der Waals surface area (Å²) in [5.41, 5.74) is 9.95. The molecule has 20 heteroatoms. The number of nitrogens with one attached hydrogen (secondary N) is 2. The van der Waals surface area contributed by atoms with Gasteiger partial charge in [-0.25, -0.2) is 9.78 Å². The van der Waals surface area contributed by atoms with Crippen molar-refractivity contribution in [1.82, 2.24) is 50.4 Å². The molecule has 7 aliphatic rings. The number of carbonyl (C=O) groups excluding carboxylic acids is 3. The number of likely N-dealkylation sites (tertiary alicyclic amines) is 2. The number of amides is 3. The summed E-state index contributed by atoms with van der Waals surface area (Å²) in [6.07, 6.45) is 6.60. The van der Waals surface area contributed by atoms with Gasteiger partial charge >= 0.3 is 12.1 Å². The zero-order chi connectivity index (χ0) is 56.8. The molecule has 9 atom stereocenters. The van der Waals surface area contributed by atoms with Crippen molar-refractivity contribution in [2.75, 3.05) is 57.4 Å². The Kier molecular flexibility index (Phi) is 13.9. The number of hydrogen-bond acceptors (Lipinski definition) is 17. The van der Waals surface area contributed by atoms with E-state index in [1.165, 1.54) is 21.2 Å². The third-order valence-electron chi connectivity index (χ3n) is 19.0. The number of benzene rings is 3. The maximum absolute atomic E-state index is 14.4. The number of rotatable bonds is 15. The fourth-order valence-corrected chi connectivity index (χ4v) is 15.5. The van der Waals surface area contributed by atoms with Crippen LogP contribution in [0.25, 0.3) is 43.4 Å². The number of fused-ring (bicyclic) bond motifs is 7. The molecule has 6 aliphatic heterocycles. The summed E-state index contributed by atoms with van der Waals surface area (Å²) in [6.45, 7) is 13.9. The van der Waals surface area contributed by atoms with Crippen molar-refractivity contribution < 1.29 is 38.2 Å². The summed E-state index contributed by atoms with van der Waals surface area (Å²) in [5, 5.41) is 25.3. The number of pyridine rings is 1. The van der Waals surface area contributed by atoms with E-state index in [-0.39, 0.29) is 72.8 Å². The second kappa shape index (κ2) is 21.4. The van der Waals surface area contributed by atoms with Gasteiger partial charge in [-0.15, -0.1) is 11.3 Å². The second-order valence-electron chi connectivity index (χ2n) is 24.7. The number of hydrogen-bond donors (Lipinski definition) is 3. The maximum atomic E-state index is 14.4. The number of anilines is 1. The molecule has 19 nitrogen and oxygen atoms in total. The smallest absolute Gasteiger partial charge is 0.410 e. The van der Waals surface area contributed by atoms with Gasteiger partial charge in [0.1, 0.15) is 37.1 Å². The molecule has 10 heterocycles. The van der Waals surface area contributed by atoms with Gasteiger partial charge in [-0.1, -0.05) is 81.4 Å². The SMILES string of the molecule is Cc1ncsc1-c1ccc([C@H](C)NC(=O)[C@@H]2C[C@@H](O)CN2C(=O)[C@@H](c2cc(OC3CN(C(=O)OC[C@@H]4CC[C@@]5(COc6nc(N7CC8CCC(C7)N8)c7cnc8c(c7n6)C(C)c6cccc7cccc-8c67)CCCN45)C3)no2)C(C)C)cc1. The highest BCUT2D eigenvalue weighted by atomic mass is 32.1. The fraction of sp³-hybridized carbons (Fsp3) is 0.492. The molecule has 3 N–H and O–H groups in total. The molecule has 3 unspecified atom stereocenters. The van der Waals surface area contributed by atoms with Gasteiger partial charge in [0, 0.05) is 73.5 Å². The molecule has 6 saturated heterocycles. The normalized spacial score (nSPS) is 25.4. The van der Waals surface area contributed by atoms with Crippen LogP contribution in [-0.2, 0) is 14.3 Å². The number of β-amino-alcohol motifs (C(OH)–C–C–N with tert-alkyl or cyclic N) is 1. The molecule has 0 radical (unpaired) electrons. The maximum Gasteiger partial charge on any atom is 0.410 e. The Morgan fingerprint density at radius 1 is 0.952 bits per heavy atom.